The summed E-state index contributed by atoms with van der Waals surface area (Å²) in [6.07, 6.45) is 0.211. The number of hydrogen-bond acceptors (Lipinski definition) is 3. The van der Waals surface area contributed by atoms with Gasteiger partial charge >= 0.3 is 0 Å². The van der Waals surface area contributed by atoms with Gasteiger partial charge in [-0.2, -0.15) is 0 Å². The highest BCUT2D eigenvalue weighted by Crippen LogP contribution is 2.29. The maximum absolute atomic E-state index is 12.9. The van der Waals surface area contributed by atoms with E-state index in [0.717, 1.165) is 29.5 Å². The number of benzene rings is 1. The van der Waals surface area contributed by atoms with Crippen molar-refractivity contribution in [2.75, 3.05) is 0 Å². The highest BCUT2D eigenvalue weighted by Gasteiger charge is 2.16. The highest BCUT2D eigenvalue weighted by molar-refractivity contribution is 7.15. The van der Waals surface area contributed by atoms with E-state index in [1.165, 1.54) is 6.20 Å². The Morgan fingerprint density at radius 2 is 1.88 bits per heavy atom. The summed E-state index contributed by atoms with van der Waals surface area (Å²) in [7, 11) is 0. The highest BCUT2D eigenvalue weighted by atomic mass is 35.5. The van der Waals surface area contributed by atoms with E-state index < -0.39 is 17.7 Å². The van der Waals surface area contributed by atoms with Crippen molar-refractivity contribution in [2.45, 2.75) is 6.10 Å². The predicted molar refractivity (Wildman–Crippen MR) is 57.5 cm³/mol. The van der Waals surface area contributed by atoms with E-state index >= 15 is 0 Å². The molecule has 16 heavy (non-hydrogen) atoms. The zero-order valence-corrected chi connectivity index (χ0v) is 9.40. The Hall–Kier alpha value is -1.04. The molecule has 1 atom stereocenters. The third-order valence-electron chi connectivity index (χ3n) is 1.93. The Morgan fingerprint density at radius 3 is 2.38 bits per heavy atom. The van der Waals surface area contributed by atoms with Crippen LogP contribution in [0.25, 0.3) is 0 Å². The molecular formula is C10H6ClF2NOS. The lowest BCUT2D eigenvalue weighted by atomic mass is 10.1. The maximum atomic E-state index is 12.9. The number of aromatic nitrogens is 1. The van der Waals surface area contributed by atoms with Crippen molar-refractivity contribution in [3.05, 3.63) is 50.9 Å². The second-order valence-electron chi connectivity index (χ2n) is 3.11. The first kappa shape index (κ1) is 11.4. The lowest BCUT2D eigenvalue weighted by Gasteiger charge is -2.07. The Bertz CT molecular complexity index is 497. The molecule has 0 radical (unpaired) electrons. The molecule has 2 rings (SSSR count). The fraction of sp³-hybridized carbons (Fsp3) is 0.100. The second kappa shape index (κ2) is 4.45. The van der Waals surface area contributed by atoms with E-state index in [1.807, 2.05) is 0 Å². The summed E-state index contributed by atoms with van der Waals surface area (Å²) in [4.78, 5) is 3.84. The minimum atomic E-state index is -1.16. The molecule has 0 amide bonds. The first-order chi connectivity index (χ1) is 7.56. The van der Waals surface area contributed by atoms with Gasteiger partial charge in [-0.15, -0.1) is 11.3 Å². The Labute approximate surface area is 99.1 Å². The Morgan fingerprint density at radius 1 is 1.25 bits per heavy atom. The van der Waals surface area contributed by atoms with Crippen LogP contribution in [0.1, 0.15) is 16.7 Å². The molecule has 1 aromatic heterocycles. The van der Waals surface area contributed by atoms with E-state index in [0.29, 0.717) is 9.34 Å². The van der Waals surface area contributed by atoms with Crippen LogP contribution in [0.2, 0.25) is 4.34 Å². The van der Waals surface area contributed by atoms with Gasteiger partial charge in [-0.05, 0) is 17.7 Å². The van der Waals surface area contributed by atoms with Gasteiger partial charge in [-0.3, -0.25) is 0 Å². The molecule has 1 aromatic carbocycles. The van der Waals surface area contributed by atoms with E-state index in [-0.39, 0.29) is 5.56 Å². The number of rotatable bonds is 2. The number of aliphatic hydroxyl groups is 1. The average Bonchev–Trinajstić information content (AvgIpc) is 2.62. The summed E-state index contributed by atoms with van der Waals surface area (Å²) >= 11 is 6.71. The van der Waals surface area contributed by atoms with Crippen LogP contribution in [0.15, 0.2) is 24.4 Å². The summed E-state index contributed by atoms with van der Waals surface area (Å²) in [6, 6.07) is 2.86. The first-order valence-electron chi connectivity index (χ1n) is 4.31. The van der Waals surface area contributed by atoms with Crippen molar-refractivity contribution >= 4 is 22.9 Å². The molecule has 84 valence electrons. The molecule has 2 aromatic rings. The predicted octanol–water partition coefficient (Wildman–Crippen LogP) is 3.16. The molecule has 1 heterocycles. The van der Waals surface area contributed by atoms with Gasteiger partial charge in [-0.1, -0.05) is 11.6 Å². The van der Waals surface area contributed by atoms with Crippen molar-refractivity contribution < 1.29 is 13.9 Å². The zero-order valence-electron chi connectivity index (χ0n) is 7.82. The van der Waals surface area contributed by atoms with Crippen LogP contribution in [0.4, 0.5) is 8.78 Å². The summed E-state index contributed by atoms with van der Waals surface area (Å²) in [5.41, 5.74) is 0.114. The molecule has 0 aliphatic carbocycles. The molecule has 2 nitrogen and oxygen atoms in total. The fourth-order valence-electron chi connectivity index (χ4n) is 1.27. The Balaban J connectivity index is 2.37. The van der Waals surface area contributed by atoms with Crippen molar-refractivity contribution in [3.8, 4) is 0 Å². The lowest BCUT2D eigenvalue weighted by Crippen LogP contribution is -2.00. The van der Waals surface area contributed by atoms with Crippen LogP contribution in [0.3, 0.4) is 0 Å². The van der Waals surface area contributed by atoms with E-state index in [1.54, 1.807) is 0 Å². The number of thiazole rings is 1. The van der Waals surface area contributed by atoms with E-state index in [2.05, 4.69) is 4.98 Å². The zero-order chi connectivity index (χ0) is 11.7. The van der Waals surface area contributed by atoms with Gasteiger partial charge in [0, 0.05) is 6.07 Å². The van der Waals surface area contributed by atoms with Crippen molar-refractivity contribution in [3.63, 3.8) is 0 Å². The van der Waals surface area contributed by atoms with E-state index in [9.17, 15) is 13.9 Å². The summed E-state index contributed by atoms with van der Waals surface area (Å²) in [6.45, 7) is 0. The van der Waals surface area contributed by atoms with Crippen molar-refractivity contribution in [1.82, 2.24) is 4.98 Å². The SMILES string of the molecule is OC(c1cc(F)cc(F)c1)c1ncc(Cl)s1. The number of hydrogen-bond donors (Lipinski definition) is 1. The van der Waals surface area contributed by atoms with Crippen LogP contribution in [0.5, 0.6) is 0 Å². The summed E-state index contributed by atoms with van der Waals surface area (Å²) < 4.78 is 26.2. The second-order valence-corrected chi connectivity index (χ2v) is 4.80. The summed E-state index contributed by atoms with van der Waals surface area (Å²) in [5.74, 6) is -1.48. The topological polar surface area (TPSA) is 33.1 Å². The van der Waals surface area contributed by atoms with Gasteiger partial charge in [0.1, 0.15) is 27.1 Å². The molecule has 0 saturated heterocycles. The smallest absolute Gasteiger partial charge is 0.131 e. The fourth-order valence-corrected chi connectivity index (χ4v) is 2.21. The molecule has 0 saturated carbocycles. The van der Waals surface area contributed by atoms with Gasteiger partial charge in [0.25, 0.3) is 0 Å². The van der Waals surface area contributed by atoms with Crippen molar-refractivity contribution in [1.29, 1.82) is 0 Å². The van der Waals surface area contributed by atoms with Crippen molar-refractivity contribution in [2.24, 2.45) is 0 Å². The molecule has 0 fully saturated rings. The molecule has 0 bridgehead atoms. The standard InChI is InChI=1S/C10H6ClF2NOS/c11-8-4-14-10(16-8)9(15)5-1-6(12)3-7(13)2-5/h1-4,9,15H. The molecule has 1 unspecified atom stereocenters. The monoisotopic (exact) mass is 261 g/mol. The number of halogens is 3. The molecule has 1 N–H and O–H groups in total. The molecule has 0 spiro atoms. The Kier molecular flexibility index (Phi) is 3.18. The minimum Gasteiger partial charge on any atom is -0.381 e. The normalized spacial score (nSPS) is 12.8. The average molecular weight is 262 g/mol. The largest absolute Gasteiger partial charge is 0.381 e. The minimum absolute atomic E-state index is 0.114. The summed E-state index contributed by atoms with van der Waals surface area (Å²) in [5, 5.41) is 10.1. The van der Waals surface area contributed by atoms with Gasteiger partial charge in [0.15, 0.2) is 0 Å². The first-order valence-corrected chi connectivity index (χ1v) is 5.51. The van der Waals surface area contributed by atoms with Gasteiger partial charge in [-0.25, -0.2) is 13.8 Å². The van der Waals surface area contributed by atoms with Gasteiger partial charge in [0.2, 0.25) is 0 Å². The third kappa shape index (κ3) is 2.37. The van der Waals surface area contributed by atoms with Crippen LogP contribution in [-0.2, 0) is 0 Å². The third-order valence-corrected chi connectivity index (χ3v) is 3.10. The van der Waals surface area contributed by atoms with Crippen LogP contribution in [0, 0.1) is 11.6 Å². The quantitative estimate of drug-likeness (QED) is 0.901. The molecule has 0 aliphatic heterocycles. The number of aliphatic hydroxyl groups excluding tert-OH is 1. The van der Waals surface area contributed by atoms with Crippen LogP contribution >= 0.6 is 22.9 Å². The van der Waals surface area contributed by atoms with Gasteiger partial charge in [0.05, 0.1) is 6.20 Å². The maximum Gasteiger partial charge on any atom is 0.131 e. The van der Waals surface area contributed by atoms with Crippen LogP contribution < -0.4 is 0 Å². The number of nitrogens with zero attached hydrogens (tertiary/aromatic N) is 1. The van der Waals surface area contributed by atoms with E-state index in [4.69, 9.17) is 11.6 Å². The molecular weight excluding hydrogens is 256 g/mol. The molecule has 6 heteroatoms. The van der Waals surface area contributed by atoms with Gasteiger partial charge < -0.3 is 5.11 Å². The molecule has 0 aliphatic rings. The van der Waals surface area contributed by atoms with Crippen LogP contribution in [-0.4, -0.2) is 10.1 Å². The lowest BCUT2D eigenvalue weighted by molar-refractivity contribution is 0.218.